The van der Waals surface area contributed by atoms with Crippen molar-refractivity contribution in [3.63, 3.8) is 0 Å². The highest BCUT2D eigenvalue weighted by molar-refractivity contribution is 6.76. The van der Waals surface area contributed by atoms with Gasteiger partial charge >= 0.3 is 0 Å². The van der Waals surface area contributed by atoms with Crippen molar-refractivity contribution in [1.29, 1.82) is 0 Å². The van der Waals surface area contributed by atoms with Gasteiger partial charge in [0, 0.05) is 16.1 Å². The van der Waals surface area contributed by atoms with Gasteiger partial charge in [0.15, 0.2) is 0 Å². The molecular formula is C24H44OSi2. The second kappa shape index (κ2) is 11.3. The van der Waals surface area contributed by atoms with Crippen LogP contribution >= 0.6 is 0 Å². The molecular weight excluding hydrogens is 360 g/mol. The fourth-order valence-electron chi connectivity index (χ4n) is 3.39. The first-order valence-electron chi connectivity index (χ1n) is 11.0. The van der Waals surface area contributed by atoms with Crippen LogP contribution in [0.4, 0.5) is 0 Å². The maximum Gasteiger partial charge on any atom is 0.125 e. The van der Waals surface area contributed by atoms with E-state index in [-0.39, 0.29) is 0 Å². The van der Waals surface area contributed by atoms with Crippen molar-refractivity contribution in [1.82, 2.24) is 0 Å². The molecule has 0 amide bonds. The van der Waals surface area contributed by atoms with E-state index >= 15 is 0 Å². The van der Waals surface area contributed by atoms with E-state index < -0.39 is 16.1 Å². The highest BCUT2D eigenvalue weighted by Crippen LogP contribution is 2.31. The van der Waals surface area contributed by atoms with Crippen LogP contribution in [0.25, 0.3) is 6.08 Å². The average Bonchev–Trinajstić information content (AvgIpc) is 2.54. The smallest absolute Gasteiger partial charge is 0.125 e. The third kappa shape index (κ3) is 10.3. The van der Waals surface area contributed by atoms with E-state index in [1.54, 1.807) is 0 Å². The molecule has 27 heavy (non-hydrogen) atoms. The Kier molecular flexibility index (Phi) is 10.1. The second-order valence-electron chi connectivity index (χ2n) is 10.4. The highest BCUT2D eigenvalue weighted by atomic mass is 28.3. The first kappa shape index (κ1) is 24.2. The molecule has 1 rings (SSSR count). The number of hydrogen-bond acceptors (Lipinski definition) is 1. The Morgan fingerprint density at radius 3 is 1.70 bits per heavy atom. The van der Waals surface area contributed by atoms with Gasteiger partial charge in [-0.1, -0.05) is 90.2 Å². The summed E-state index contributed by atoms with van der Waals surface area (Å²) in [5, 5.41) is 0. The van der Waals surface area contributed by atoms with Gasteiger partial charge in [0.2, 0.25) is 0 Å². The summed E-state index contributed by atoms with van der Waals surface area (Å²) in [7, 11) is -1.99. The van der Waals surface area contributed by atoms with Crippen LogP contribution in [0.3, 0.4) is 0 Å². The van der Waals surface area contributed by atoms with Gasteiger partial charge in [0.05, 0.1) is 6.61 Å². The molecule has 0 aliphatic carbocycles. The maximum absolute atomic E-state index is 6.36. The topological polar surface area (TPSA) is 9.23 Å². The van der Waals surface area contributed by atoms with E-state index in [0.29, 0.717) is 0 Å². The highest BCUT2D eigenvalue weighted by Gasteiger charge is 2.17. The Hall–Kier alpha value is -0.806. The van der Waals surface area contributed by atoms with Crippen LogP contribution in [0.15, 0.2) is 18.7 Å². The van der Waals surface area contributed by atoms with Crippen molar-refractivity contribution >= 4 is 22.2 Å². The molecule has 0 atom stereocenters. The van der Waals surface area contributed by atoms with E-state index in [1.807, 2.05) is 6.08 Å². The zero-order valence-electron chi connectivity index (χ0n) is 19.2. The quantitative estimate of drug-likeness (QED) is 0.239. The van der Waals surface area contributed by atoms with Crippen LogP contribution in [0.5, 0.6) is 5.75 Å². The Bertz CT molecular complexity index is 538. The van der Waals surface area contributed by atoms with Gasteiger partial charge < -0.3 is 4.74 Å². The van der Waals surface area contributed by atoms with E-state index in [4.69, 9.17) is 4.74 Å². The molecule has 0 radical (unpaired) electrons. The molecule has 0 aliphatic heterocycles. The van der Waals surface area contributed by atoms with Crippen molar-refractivity contribution in [2.75, 3.05) is 6.61 Å². The molecule has 0 heterocycles. The van der Waals surface area contributed by atoms with Crippen LogP contribution in [-0.2, 0) is 12.8 Å². The van der Waals surface area contributed by atoms with Crippen molar-refractivity contribution < 1.29 is 4.74 Å². The minimum atomic E-state index is -0.993. The summed E-state index contributed by atoms with van der Waals surface area (Å²) in [6.07, 6.45) is 9.12. The second-order valence-corrected chi connectivity index (χ2v) is 21.6. The molecule has 1 nitrogen and oxygen atoms in total. The lowest BCUT2D eigenvalue weighted by molar-refractivity contribution is 0.303. The molecule has 0 unspecified atom stereocenters. The van der Waals surface area contributed by atoms with Gasteiger partial charge in [-0.05, 0) is 48.1 Å². The Morgan fingerprint density at radius 2 is 1.33 bits per heavy atom. The minimum absolute atomic E-state index is 0.839. The first-order valence-corrected chi connectivity index (χ1v) is 18.4. The summed E-state index contributed by atoms with van der Waals surface area (Å²) >= 11 is 0. The number of unbranched alkanes of at least 4 members (excludes halogenated alkanes) is 1. The van der Waals surface area contributed by atoms with Gasteiger partial charge in [-0.15, -0.1) is 0 Å². The fraction of sp³-hybridized carbons (Fsp3) is 0.667. The van der Waals surface area contributed by atoms with Crippen LogP contribution in [-0.4, -0.2) is 22.8 Å². The molecule has 3 heteroatoms. The summed E-state index contributed by atoms with van der Waals surface area (Å²) < 4.78 is 6.36. The minimum Gasteiger partial charge on any atom is -0.493 e. The van der Waals surface area contributed by atoms with E-state index in [0.717, 1.165) is 25.9 Å². The zero-order chi connectivity index (χ0) is 20.5. The van der Waals surface area contributed by atoms with Crippen molar-refractivity contribution in [2.45, 2.75) is 96.8 Å². The normalized spacial score (nSPS) is 12.3. The largest absolute Gasteiger partial charge is 0.493 e. The van der Waals surface area contributed by atoms with Crippen LogP contribution < -0.4 is 4.74 Å². The monoisotopic (exact) mass is 404 g/mol. The van der Waals surface area contributed by atoms with Gasteiger partial charge in [-0.2, -0.15) is 0 Å². The van der Waals surface area contributed by atoms with Gasteiger partial charge in [0.25, 0.3) is 0 Å². The molecule has 1 aromatic carbocycles. The molecule has 0 fully saturated rings. The zero-order valence-corrected chi connectivity index (χ0v) is 21.2. The van der Waals surface area contributed by atoms with Gasteiger partial charge in [-0.25, -0.2) is 0 Å². The predicted molar refractivity (Wildman–Crippen MR) is 130 cm³/mol. The van der Waals surface area contributed by atoms with Crippen molar-refractivity contribution in [3.05, 3.63) is 35.4 Å². The third-order valence-corrected chi connectivity index (χ3v) is 8.70. The fourth-order valence-corrected chi connectivity index (χ4v) is 5.87. The Labute approximate surface area is 171 Å². The SMILES string of the molecule is C=Cc1cc(CCC[Si](C)(C)C)c(OCCCC)c(CCC[Si](C)(C)C)c1. The van der Waals surface area contributed by atoms with Crippen LogP contribution in [0.1, 0.15) is 49.3 Å². The first-order chi connectivity index (χ1) is 12.6. The predicted octanol–water partition coefficient (Wildman–Crippen LogP) is 8.05. The van der Waals surface area contributed by atoms with Crippen LogP contribution in [0, 0.1) is 0 Å². The van der Waals surface area contributed by atoms with E-state index in [1.165, 1.54) is 53.8 Å². The molecule has 0 saturated carbocycles. The average molecular weight is 405 g/mol. The maximum atomic E-state index is 6.36. The van der Waals surface area contributed by atoms with Gasteiger partial charge in [0.1, 0.15) is 5.75 Å². The van der Waals surface area contributed by atoms with Crippen molar-refractivity contribution in [2.24, 2.45) is 0 Å². The summed E-state index contributed by atoms with van der Waals surface area (Å²) in [5.41, 5.74) is 4.07. The van der Waals surface area contributed by atoms with E-state index in [9.17, 15) is 0 Å². The number of hydrogen-bond donors (Lipinski definition) is 0. The molecule has 154 valence electrons. The number of benzene rings is 1. The number of ether oxygens (including phenoxy) is 1. The van der Waals surface area contributed by atoms with Gasteiger partial charge in [-0.3, -0.25) is 0 Å². The molecule has 0 aromatic heterocycles. The molecule has 0 N–H and O–H groups in total. The lowest BCUT2D eigenvalue weighted by atomic mass is 9.98. The van der Waals surface area contributed by atoms with Crippen molar-refractivity contribution in [3.8, 4) is 5.75 Å². The summed E-state index contributed by atoms with van der Waals surface area (Å²) in [6.45, 7) is 21.9. The lowest BCUT2D eigenvalue weighted by Crippen LogP contribution is -2.19. The van der Waals surface area contributed by atoms with E-state index in [2.05, 4.69) is 64.9 Å². The summed E-state index contributed by atoms with van der Waals surface area (Å²) in [6, 6.07) is 7.40. The third-order valence-electron chi connectivity index (χ3n) is 4.99. The number of rotatable bonds is 13. The molecule has 0 bridgehead atoms. The lowest BCUT2D eigenvalue weighted by Gasteiger charge is -2.20. The molecule has 1 aromatic rings. The molecule has 0 aliphatic rings. The molecule has 0 spiro atoms. The Balaban J connectivity index is 3.04. The summed E-state index contributed by atoms with van der Waals surface area (Å²) in [4.78, 5) is 0. The Morgan fingerprint density at radius 1 is 0.852 bits per heavy atom. The molecule has 0 saturated heterocycles. The standard InChI is InChI=1S/C24H44OSi2/c1-9-11-16-25-24-22(14-12-17-26(3,4)5)19-21(10-2)20-23(24)15-13-18-27(6,7)8/h10,19-20H,2,9,11-18H2,1,3-8H3. The summed E-state index contributed by atoms with van der Waals surface area (Å²) in [5.74, 6) is 1.19. The van der Waals surface area contributed by atoms with Crippen LogP contribution in [0.2, 0.25) is 51.4 Å². The number of aryl methyl sites for hydroxylation is 2.